The van der Waals surface area contributed by atoms with Crippen LogP contribution in [0.2, 0.25) is 0 Å². The molecule has 0 saturated carbocycles. The molecule has 7 nitrogen and oxygen atoms in total. The fourth-order valence-corrected chi connectivity index (χ4v) is 3.07. The van der Waals surface area contributed by atoms with Crippen molar-refractivity contribution in [1.82, 2.24) is 4.72 Å². The first-order chi connectivity index (χ1) is 8.55. The van der Waals surface area contributed by atoms with Crippen molar-refractivity contribution in [3.8, 4) is 17.2 Å². The molecule has 8 heteroatoms. The summed E-state index contributed by atoms with van der Waals surface area (Å²) in [4.78, 5) is 0.0221. The predicted molar refractivity (Wildman–Crippen MR) is 64.9 cm³/mol. The summed E-state index contributed by atoms with van der Waals surface area (Å²) in [5.41, 5.74) is 0.420. The van der Waals surface area contributed by atoms with E-state index in [4.69, 9.17) is 14.2 Å². The second-order valence-electron chi connectivity index (χ2n) is 3.52. The quantitative estimate of drug-likeness (QED) is 0.828. The number of benzene rings is 1. The number of ether oxygens (including phenoxy) is 3. The van der Waals surface area contributed by atoms with Crippen molar-refractivity contribution in [2.24, 2.45) is 0 Å². The third-order valence-electron chi connectivity index (χ3n) is 2.59. The normalized spacial score (nSPS) is 16.4. The Labute approximate surface area is 105 Å². The monoisotopic (exact) mass is 274 g/mol. The van der Waals surface area contributed by atoms with E-state index in [1.165, 1.54) is 21.3 Å². The van der Waals surface area contributed by atoms with Crippen LogP contribution < -0.4 is 24.2 Å². The van der Waals surface area contributed by atoms with E-state index in [9.17, 15) is 8.42 Å². The van der Waals surface area contributed by atoms with Crippen molar-refractivity contribution < 1.29 is 22.6 Å². The van der Waals surface area contributed by atoms with Crippen molar-refractivity contribution in [3.63, 3.8) is 0 Å². The van der Waals surface area contributed by atoms with E-state index < -0.39 is 10.0 Å². The maximum Gasteiger partial charge on any atom is 0.247 e. The number of hydrogen-bond donors (Lipinski definition) is 2. The van der Waals surface area contributed by atoms with Gasteiger partial charge in [-0.15, -0.1) is 0 Å². The van der Waals surface area contributed by atoms with Gasteiger partial charge in [0.2, 0.25) is 15.8 Å². The minimum absolute atomic E-state index is 0.0221. The van der Waals surface area contributed by atoms with Gasteiger partial charge in [0.15, 0.2) is 16.4 Å². The lowest BCUT2D eigenvalue weighted by atomic mass is 10.2. The maximum atomic E-state index is 12.0. The Bertz CT molecular complexity index is 570. The largest absolute Gasteiger partial charge is 0.493 e. The Morgan fingerprint density at radius 1 is 1.11 bits per heavy atom. The highest BCUT2D eigenvalue weighted by molar-refractivity contribution is 7.89. The first kappa shape index (κ1) is 12.8. The van der Waals surface area contributed by atoms with Gasteiger partial charge in [-0.3, -0.25) is 0 Å². The number of anilines is 1. The third kappa shape index (κ3) is 1.83. The topological polar surface area (TPSA) is 85.9 Å². The number of nitrogens with one attached hydrogen (secondary N) is 2. The number of fused-ring (bicyclic) bond motifs is 1. The molecule has 0 aliphatic carbocycles. The van der Waals surface area contributed by atoms with Crippen LogP contribution in [0.5, 0.6) is 17.2 Å². The summed E-state index contributed by atoms with van der Waals surface area (Å²) >= 11 is 0. The molecule has 0 atom stereocenters. The highest BCUT2D eigenvalue weighted by Gasteiger charge is 2.32. The highest BCUT2D eigenvalue weighted by atomic mass is 32.2. The van der Waals surface area contributed by atoms with E-state index in [-0.39, 0.29) is 23.1 Å². The van der Waals surface area contributed by atoms with Gasteiger partial charge >= 0.3 is 0 Å². The van der Waals surface area contributed by atoms with E-state index in [2.05, 4.69) is 10.0 Å². The summed E-state index contributed by atoms with van der Waals surface area (Å²) < 4.78 is 41.8. The van der Waals surface area contributed by atoms with Gasteiger partial charge in [0.25, 0.3) is 0 Å². The molecule has 1 aromatic carbocycles. The lowest BCUT2D eigenvalue weighted by molar-refractivity contribution is 0.319. The molecule has 18 heavy (non-hydrogen) atoms. The molecule has 0 amide bonds. The van der Waals surface area contributed by atoms with Gasteiger partial charge in [-0.05, 0) is 0 Å². The van der Waals surface area contributed by atoms with Crippen LogP contribution in [-0.2, 0) is 10.0 Å². The molecule has 100 valence electrons. The van der Waals surface area contributed by atoms with Crippen molar-refractivity contribution in [2.75, 3.05) is 33.3 Å². The van der Waals surface area contributed by atoms with Crippen LogP contribution in [0.4, 0.5) is 5.69 Å². The van der Waals surface area contributed by atoms with Crippen LogP contribution in [0.15, 0.2) is 11.0 Å². The zero-order valence-electron chi connectivity index (χ0n) is 10.2. The molecule has 2 N–H and O–H groups in total. The van der Waals surface area contributed by atoms with Gasteiger partial charge in [-0.2, -0.15) is 4.72 Å². The molecule has 1 aliphatic rings. The van der Waals surface area contributed by atoms with E-state index in [0.29, 0.717) is 11.4 Å². The number of methoxy groups -OCH3 is 3. The van der Waals surface area contributed by atoms with Crippen LogP contribution in [0.25, 0.3) is 0 Å². The van der Waals surface area contributed by atoms with E-state index in [1.807, 2.05) is 0 Å². The zero-order chi connectivity index (χ0) is 13.3. The minimum atomic E-state index is -3.62. The Balaban J connectivity index is 2.81. The molecule has 2 rings (SSSR count). The molecule has 1 aromatic rings. The number of sulfonamides is 1. The number of rotatable bonds is 3. The summed E-state index contributed by atoms with van der Waals surface area (Å²) in [6.07, 6.45) is 0. The van der Waals surface area contributed by atoms with Gasteiger partial charge in [0.05, 0.1) is 33.7 Å². The molecule has 1 heterocycles. The van der Waals surface area contributed by atoms with Crippen molar-refractivity contribution in [1.29, 1.82) is 0 Å². The molecule has 0 saturated heterocycles. The van der Waals surface area contributed by atoms with Crippen molar-refractivity contribution >= 4 is 15.7 Å². The minimum Gasteiger partial charge on any atom is -0.493 e. The number of hydrogen-bond acceptors (Lipinski definition) is 6. The molecule has 0 radical (unpaired) electrons. The summed E-state index contributed by atoms with van der Waals surface area (Å²) in [5, 5.41) is 2.91. The molecule has 0 aromatic heterocycles. The maximum absolute atomic E-state index is 12.0. The molecule has 0 bridgehead atoms. The Morgan fingerprint density at radius 3 is 2.33 bits per heavy atom. The Kier molecular flexibility index (Phi) is 3.22. The predicted octanol–water partition coefficient (Wildman–Crippen LogP) is 0.374. The van der Waals surface area contributed by atoms with Crippen LogP contribution in [0, 0.1) is 0 Å². The fourth-order valence-electron chi connectivity index (χ4n) is 1.83. The van der Waals surface area contributed by atoms with Crippen LogP contribution in [0.1, 0.15) is 0 Å². The molecule has 0 unspecified atom stereocenters. The van der Waals surface area contributed by atoms with Crippen molar-refractivity contribution in [2.45, 2.75) is 4.90 Å². The van der Waals surface area contributed by atoms with Crippen LogP contribution in [0.3, 0.4) is 0 Å². The van der Waals surface area contributed by atoms with E-state index in [1.54, 1.807) is 6.07 Å². The van der Waals surface area contributed by atoms with Gasteiger partial charge in [-0.25, -0.2) is 8.42 Å². The smallest absolute Gasteiger partial charge is 0.247 e. The highest BCUT2D eigenvalue weighted by Crippen LogP contribution is 2.46. The molecular weight excluding hydrogens is 260 g/mol. The van der Waals surface area contributed by atoms with E-state index >= 15 is 0 Å². The Morgan fingerprint density at radius 2 is 1.78 bits per heavy atom. The SMILES string of the molecule is COc1cc2c(c(OC)c1OC)S(=O)(=O)NCN2. The zero-order valence-corrected chi connectivity index (χ0v) is 11.1. The standard InChI is InChI=1S/C10H14N2O5S/c1-15-7-4-6-10(9(17-3)8(7)16-2)18(13,14)12-5-11-6/h4,11-12H,5H2,1-3H3. The molecule has 1 aliphatic heterocycles. The Hall–Kier alpha value is -1.67. The summed E-state index contributed by atoms with van der Waals surface area (Å²) in [5.74, 6) is 0.761. The fraction of sp³-hybridized carbons (Fsp3) is 0.400. The first-order valence-corrected chi connectivity index (χ1v) is 6.60. The summed E-state index contributed by atoms with van der Waals surface area (Å²) in [6.45, 7) is 0.119. The lowest BCUT2D eigenvalue weighted by Crippen LogP contribution is -2.34. The summed E-state index contributed by atoms with van der Waals surface area (Å²) in [7, 11) is 0.652. The lowest BCUT2D eigenvalue weighted by Gasteiger charge is -2.24. The third-order valence-corrected chi connectivity index (χ3v) is 4.06. The molecule has 0 fully saturated rings. The second kappa shape index (κ2) is 4.54. The van der Waals surface area contributed by atoms with E-state index in [0.717, 1.165) is 0 Å². The average molecular weight is 274 g/mol. The van der Waals surface area contributed by atoms with Gasteiger partial charge in [-0.1, -0.05) is 0 Å². The average Bonchev–Trinajstić information content (AvgIpc) is 2.35. The molecular formula is C10H14N2O5S. The van der Waals surface area contributed by atoms with Gasteiger partial charge in [0, 0.05) is 6.07 Å². The van der Waals surface area contributed by atoms with Gasteiger partial charge in [0.1, 0.15) is 0 Å². The second-order valence-corrected chi connectivity index (χ2v) is 5.23. The van der Waals surface area contributed by atoms with Gasteiger partial charge < -0.3 is 19.5 Å². The van der Waals surface area contributed by atoms with Crippen LogP contribution in [-0.4, -0.2) is 36.4 Å². The van der Waals surface area contributed by atoms with Crippen LogP contribution >= 0.6 is 0 Å². The molecule has 0 spiro atoms. The summed E-state index contributed by atoms with van der Waals surface area (Å²) in [6, 6.07) is 1.56. The first-order valence-electron chi connectivity index (χ1n) is 5.11. The van der Waals surface area contributed by atoms with Crippen molar-refractivity contribution in [3.05, 3.63) is 6.07 Å².